The summed E-state index contributed by atoms with van der Waals surface area (Å²) >= 11 is 0. The van der Waals surface area contributed by atoms with E-state index < -0.39 is 15.7 Å². The van der Waals surface area contributed by atoms with Crippen molar-refractivity contribution < 1.29 is 17.8 Å². The van der Waals surface area contributed by atoms with Crippen molar-refractivity contribution in [2.75, 3.05) is 24.3 Å². The molecule has 0 spiro atoms. The van der Waals surface area contributed by atoms with E-state index in [1.54, 1.807) is 0 Å². The van der Waals surface area contributed by atoms with E-state index in [4.69, 9.17) is 5.73 Å². The lowest BCUT2D eigenvalue weighted by molar-refractivity contribution is 0.0947. The van der Waals surface area contributed by atoms with Gasteiger partial charge >= 0.3 is 0 Å². The summed E-state index contributed by atoms with van der Waals surface area (Å²) in [5.41, 5.74) is 5.10. The van der Waals surface area contributed by atoms with Crippen LogP contribution in [-0.2, 0) is 9.84 Å². The van der Waals surface area contributed by atoms with Crippen molar-refractivity contribution >= 4 is 21.6 Å². The van der Waals surface area contributed by atoms with Crippen LogP contribution in [0.2, 0.25) is 0 Å². The second-order valence-electron chi connectivity index (χ2n) is 2.88. The first-order chi connectivity index (χ1) is 6.90. The molecule has 1 amide bonds. The summed E-state index contributed by atoms with van der Waals surface area (Å²) < 4.78 is 25.7. The lowest BCUT2D eigenvalue weighted by atomic mass is 10.4. The highest BCUT2D eigenvalue weighted by atomic mass is 32.2. The van der Waals surface area contributed by atoms with E-state index in [-0.39, 0.29) is 23.8 Å². The van der Waals surface area contributed by atoms with Crippen LogP contribution in [0, 0.1) is 0 Å². The summed E-state index contributed by atoms with van der Waals surface area (Å²) in [6, 6.07) is 0. The minimum Gasteiger partial charge on any atom is -0.379 e. The van der Waals surface area contributed by atoms with Crippen LogP contribution in [-0.4, -0.2) is 43.2 Å². The van der Waals surface area contributed by atoms with Crippen LogP contribution in [0.5, 0.6) is 0 Å². The van der Waals surface area contributed by atoms with Crippen LogP contribution >= 0.6 is 0 Å². The first-order valence-corrected chi connectivity index (χ1v) is 6.00. The minimum absolute atomic E-state index is 0.00995. The summed E-state index contributed by atoms with van der Waals surface area (Å²) in [5.74, 6) is -0.895. The van der Waals surface area contributed by atoms with Gasteiger partial charge < -0.3 is 11.1 Å². The number of amides is 1. The van der Waals surface area contributed by atoms with E-state index in [1.807, 2.05) is 0 Å². The number of sulfone groups is 1. The van der Waals surface area contributed by atoms with Crippen molar-refractivity contribution in [3.63, 3.8) is 0 Å². The average Bonchev–Trinajstić information content (AvgIpc) is 2.48. The Hall–Kier alpha value is -1.64. The molecule has 0 radical (unpaired) electrons. The van der Waals surface area contributed by atoms with E-state index in [9.17, 15) is 13.2 Å². The monoisotopic (exact) mass is 234 g/mol. The standard InChI is InChI=1S/C6H10N4O4S/c1-15(12,13)3-2-8-6(11)4-5(7)10-14-9-4/h2-3H2,1H3,(H2,7,10)(H,8,11). The maximum Gasteiger partial charge on any atom is 0.277 e. The molecule has 0 saturated carbocycles. The quantitative estimate of drug-likeness (QED) is 0.643. The average molecular weight is 234 g/mol. The van der Waals surface area contributed by atoms with E-state index >= 15 is 0 Å². The Labute approximate surface area is 85.7 Å². The van der Waals surface area contributed by atoms with Crippen molar-refractivity contribution in [1.29, 1.82) is 0 Å². The first-order valence-electron chi connectivity index (χ1n) is 3.94. The van der Waals surface area contributed by atoms with Crippen molar-refractivity contribution in [3.05, 3.63) is 5.69 Å². The lowest BCUT2D eigenvalue weighted by Crippen LogP contribution is -2.29. The normalized spacial score (nSPS) is 11.3. The van der Waals surface area contributed by atoms with Crippen molar-refractivity contribution in [3.8, 4) is 0 Å². The van der Waals surface area contributed by atoms with Crippen LogP contribution in [0.3, 0.4) is 0 Å². The Bertz CT molecular complexity index is 451. The second kappa shape index (κ2) is 4.26. The summed E-state index contributed by atoms with van der Waals surface area (Å²) in [7, 11) is -3.10. The molecule has 1 aromatic rings. The Morgan fingerprint density at radius 3 is 2.67 bits per heavy atom. The number of nitrogen functional groups attached to an aromatic ring is 1. The predicted molar refractivity (Wildman–Crippen MR) is 50.8 cm³/mol. The van der Waals surface area contributed by atoms with Crippen LogP contribution in [0.25, 0.3) is 0 Å². The molecule has 0 atom stereocenters. The number of anilines is 1. The molecule has 1 heterocycles. The molecule has 0 aromatic carbocycles. The highest BCUT2D eigenvalue weighted by Crippen LogP contribution is 2.02. The highest BCUT2D eigenvalue weighted by molar-refractivity contribution is 7.90. The zero-order chi connectivity index (χ0) is 11.5. The molecule has 8 nitrogen and oxygen atoms in total. The number of nitrogens with one attached hydrogen (secondary N) is 1. The SMILES string of the molecule is CS(=O)(=O)CCNC(=O)c1nonc1N. The van der Waals surface area contributed by atoms with Gasteiger partial charge in [-0.15, -0.1) is 0 Å². The molecule has 15 heavy (non-hydrogen) atoms. The number of nitrogens with zero attached hydrogens (tertiary/aromatic N) is 2. The molecule has 9 heteroatoms. The maximum atomic E-state index is 11.3. The molecule has 1 aromatic heterocycles. The van der Waals surface area contributed by atoms with Gasteiger partial charge in [-0.1, -0.05) is 0 Å². The number of carbonyl (C=O) groups excluding carboxylic acids is 1. The molecule has 0 unspecified atom stereocenters. The van der Waals surface area contributed by atoms with E-state index in [0.29, 0.717) is 0 Å². The van der Waals surface area contributed by atoms with Crippen LogP contribution in [0.4, 0.5) is 5.82 Å². The Morgan fingerprint density at radius 2 is 2.20 bits per heavy atom. The summed E-state index contributed by atoms with van der Waals surface area (Å²) in [5, 5.41) is 8.79. The molecular weight excluding hydrogens is 224 g/mol. The van der Waals surface area contributed by atoms with Crippen LogP contribution < -0.4 is 11.1 Å². The van der Waals surface area contributed by atoms with Gasteiger partial charge in [-0.2, -0.15) is 0 Å². The lowest BCUT2D eigenvalue weighted by Gasteiger charge is -2.00. The number of aromatic nitrogens is 2. The Kier molecular flexibility index (Phi) is 3.24. The zero-order valence-electron chi connectivity index (χ0n) is 7.93. The third kappa shape index (κ3) is 3.54. The number of hydrogen-bond acceptors (Lipinski definition) is 7. The Balaban J connectivity index is 2.48. The van der Waals surface area contributed by atoms with Gasteiger partial charge in [0.1, 0.15) is 9.84 Å². The second-order valence-corrected chi connectivity index (χ2v) is 5.14. The van der Waals surface area contributed by atoms with E-state index in [2.05, 4.69) is 20.3 Å². The number of nitrogens with two attached hydrogens (primary N) is 1. The van der Waals surface area contributed by atoms with Crippen molar-refractivity contribution in [1.82, 2.24) is 15.6 Å². The molecule has 0 bridgehead atoms. The number of carbonyl (C=O) groups is 1. The molecule has 1 rings (SSSR count). The smallest absolute Gasteiger partial charge is 0.277 e. The van der Waals surface area contributed by atoms with Crippen LogP contribution in [0.15, 0.2) is 4.63 Å². The third-order valence-electron chi connectivity index (χ3n) is 1.49. The minimum atomic E-state index is -3.10. The predicted octanol–water partition coefficient (Wildman–Crippen LogP) is -1.57. The van der Waals surface area contributed by atoms with Gasteiger partial charge in [0.05, 0.1) is 5.75 Å². The van der Waals surface area contributed by atoms with Gasteiger partial charge in [-0.3, -0.25) is 4.79 Å². The summed E-state index contributed by atoms with van der Waals surface area (Å²) in [6.45, 7) is -0.00995. The fourth-order valence-electron chi connectivity index (χ4n) is 0.787. The van der Waals surface area contributed by atoms with Gasteiger partial charge in [0.15, 0.2) is 0 Å². The maximum absolute atomic E-state index is 11.3. The van der Waals surface area contributed by atoms with Gasteiger partial charge in [0.25, 0.3) is 5.91 Å². The third-order valence-corrected chi connectivity index (χ3v) is 2.43. The summed E-state index contributed by atoms with van der Waals surface area (Å²) in [6.07, 6.45) is 1.07. The zero-order valence-corrected chi connectivity index (χ0v) is 8.74. The molecule has 0 aliphatic rings. The van der Waals surface area contributed by atoms with E-state index in [1.165, 1.54) is 0 Å². The molecule has 0 fully saturated rings. The van der Waals surface area contributed by atoms with Crippen molar-refractivity contribution in [2.24, 2.45) is 0 Å². The highest BCUT2D eigenvalue weighted by Gasteiger charge is 2.15. The molecule has 84 valence electrons. The molecular formula is C6H10N4O4S. The largest absolute Gasteiger partial charge is 0.379 e. The topological polar surface area (TPSA) is 128 Å². The molecule has 3 N–H and O–H groups in total. The van der Waals surface area contributed by atoms with Gasteiger partial charge in [0, 0.05) is 12.8 Å². The summed E-state index contributed by atoms with van der Waals surface area (Å²) in [4.78, 5) is 11.3. The number of hydrogen-bond donors (Lipinski definition) is 2. The van der Waals surface area contributed by atoms with E-state index in [0.717, 1.165) is 6.26 Å². The molecule has 0 aliphatic carbocycles. The Morgan fingerprint density at radius 1 is 1.53 bits per heavy atom. The van der Waals surface area contributed by atoms with Gasteiger partial charge in [-0.25, -0.2) is 13.0 Å². The van der Waals surface area contributed by atoms with Gasteiger partial charge in [0.2, 0.25) is 11.5 Å². The molecule has 0 aliphatic heterocycles. The van der Waals surface area contributed by atoms with Crippen molar-refractivity contribution in [2.45, 2.75) is 0 Å². The fourth-order valence-corrected chi connectivity index (χ4v) is 1.26. The molecule has 0 saturated heterocycles. The fraction of sp³-hybridized carbons (Fsp3) is 0.500. The van der Waals surface area contributed by atoms with Gasteiger partial charge in [-0.05, 0) is 10.3 Å². The first kappa shape index (κ1) is 11.4. The number of rotatable bonds is 4. The van der Waals surface area contributed by atoms with Crippen LogP contribution in [0.1, 0.15) is 10.5 Å².